The Kier molecular flexibility index (Phi) is 5.26. The summed E-state index contributed by atoms with van der Waals surface area (Å²) in [6, 6.07) is 11.3. The second kappa shape index (κ2) is 7.74. The largest absolute Gasteiger partial charge is 0.335 e. The van der Waals surface area contributed by atoms with E-state index < -0.39 is 26.5 Å². The Balaban J connectivity index is 1.51. The zero-order valence-electron chi connectivity index (χ0n) is 15.5. The highest BCUT2D eigenvalue weighted by atomic mass is 32.2. The van der Waals surface area contributed by atoms with Crippen molar-refractivity contribution in [2.24, 2.45) is 0 Å². The first-order valence-electron chi connectivity index (χ1n) is 9.00. The monoisotopic (exact) mass is 449 g/mol. The van der Waals surface area contributed by atoms with Crippen LogP contribution in [0.25, 0.3) is 10.1 Å². The van der Waals surface area contributed by atoms with Crippen LogP contribution < -0.4 is 0 Å². The topological polar surface area (TPSA) is 101 Å². The summed E-state index contributed by atoms with van der Waals surface area (Å²) in [6.07, 6.45) is 0. The summed E-state index contributed by atoms with van der Waals surface area (Å²) in [5.41, 5.74) is -0.483. The van der Waals surface area contributed by atoms with Crippen LogP contribution in [0.4, 0.5) is 10.1 Å². The van der Waals surface area contributed by atoms with Gasteiger partial charge in [0, 0.05) is 42.3 Å². The predicted molar refractivity (Wildman–Crippen MR) is 110 cm³/mol. The second-order valence-electron chi connectivity index (χ2n) is 6.68. The molecule has 2 aromatic carbocycles. The molecule has 0 unspecified atom stereocenters. The van der Waals surface area contributed by atoms with Crippen LogP contribution in [-0.2, 0) is 10.0 Å². The molecule has 30 heavy (non-hydrogen) atoms. The van der Waals surface area contributed by atoms with Crippen LogP contribution in [0.1, 0.15) is 9.67 Å². The fourth-order valence-electron chi connectivity index (χ4n) is 3.38. The Morgan fingerprint density at radius 1 is 1.07 bits per heavy atom. The maximum Gasteiger partial charge on any atom is 0.289 e. The molecule has 1 aliphatic rings. The van der Waals surface area contributed by atoms with E-state index in [-0.39, 0.29) is 37.0 Å². The van der Waals surface area contributed by atoms with E-state index in [1.165, 1.54) is 46.6 Å². The van der Waals surface area contributed by atoms with Gasteiger partial charge >= 0.3 is 0 Å². The third kappa shape index (κ3) is 3.55. The molecule has 1 aromatic heterocycles. The average Bonchev–Trinajstić information content (AvgIpc) is 3.19. The number of nitro benzene ring substituents is 1. The fourth-order valence-corrected chi connectivity index (χ4v) is 6.01. The Bertz CT molecular complexity index is 1250. The van der Waals surface area contributed by atoms with Gasteiger partial charge in [0.15, 0.2) is 4.90 Å². The quantitative estimate of drug-likeness (QED) is 0.450. The van der Waals surface area contributed by atoms with Crippen LogP contribution in [0.2, 0.25) is 0 Å². The zero-order valence-corrected chi connectivity index (χ0v) is 17.2. The lowest BCUT2D eigenvalue weighted by Gasteiger charge is -2.33. The first kappa shape index (κ1) is 20.4. The van der Waals surface area contributed by atoms with Crippen molar-refractivity contribution in [2.75, 3.05) is 26.2 Å². The third-order valence-electron chi connectivity index (χ3n) is 4.92. The highest BCUT2D eigenvalue weighted by molar-refractivity contribution is 7.89. The molecular weight excluding hydrogens is 433 g/mol. The second-order valence-corrected chi connectivity index (χ2v) is 9.67. The number of nitro groups is 1. The van der Waals surface area contributed by atoms with Gasteiger partial charge in [0.1, 0.15) is 5.82 Å². The molecule has 11 heteroatoms. The summed E-state index contributed by atoms with van der Waals surface area (Å²) >= 11 is 1.18. The van der Waals surface area contributed by atoms with E-state index in [9.17, 15) is 27.7 Å². The number of nitrogens with zero attached hydrogens (tertiary/aromatic N) is 3. The van der Waals surface area contributed by atoms with Crippen molar-refractivity contribution in [3.8, 4) is 0 Å². The number of hydrogen-bond donors (Lipinski definition) is 0. The van der Waals surface area contributed by atoms with Gasteiger partial charge in [-0.2, -0.15) is 4.31 Å². The van der Waals surface area contributed by atoms with E-state index in [2.05, 4.69) is 0 Å². The maximum absolute atomic E-state index is 13.9. The lowest BCUT2D eigenvalue weighted by molar-refractivity contribution is -0.387. The molecule has 0 radical (unpaired) electrons. The third-order valence-corrected chi connectivity index (χ3v) is 7.96. The summed E-state index contributed by atoms with van der Waals surface area (Å²) < 4.78 is 41.5. The van der Waals surface area contributed by atoms with Crippen LogP contribution in [0.15, 0.2) is 53.4 Å². The average molecular weight is 449 g/mol. The Labute approximate surface area is 175 Å². The van der Waals surface area contributed by atoms with Gasteiger partial charge in [0.05, 0.1) is 9.80 Å². The number of carbonyl (C=O) groups excluding carboxylic acids is 1. The number of sulfonamides is 1. The molecule has 1 aliphatic heterocycles. The van der Waals surface area contributed by atoms with E-state index in [0.29, 0.717) is 15.0 Å². The molecule has 8 nitrogen and oxygen atoms in total. The molecule has 0 aliphatic carbocycles. The number of carbonyl (C=O) groups is 1. The first-order chi connectivity index (χ1) is 14.3. The van der Waals surface area contributed by atoms with Gasteiger partial charge in [-0.1, -0.05) is 18.2 Å². The summed E-state index contributed by atoms with van der Waals surface area (Å²) in [6.45, 7) is 0.295. The van der Waals surface area contributed by atoms with Gasteiger partial charge in [-0.25, -0.2) is 12.8 Å². The van der Waals surface area contributed by atoms with E-state index in [1.807, 2.05) is 0 Å². The summed E-state index contributed by atoms with van der Waals surface area (Å²) in [5.74, 6) is -0.693. The predicted octanol–water partition coefficient (Wildman–Crippen LogP) is 3.10. The van der Waals surface area contributed by atoms with Crippen molar-refractivity contribution in [3.05, 3.63) is 69.3 Å². The molecule has 156 valence electrons. The summed E-state index contributed by atoms with van der Waals surface area (Å²) in [7, 11) is -4.07. The van der Waals surface area contributed by atoms with Gasteiger partial charge in [0.2, 0.25) is 10.0 Å². The molecule has 0 bridgehead atoms. The number of halogens is 1. The highest BCUT2D eigenvalue weighted by Gasteiger charge is 2.34. The van der Waals surface area contributed by atoms with Gasteiger partial charge in [-0.05, 0) is 24.3 Å². The minimum absolute atomic E-state index is 0.0133. The van der Waals surface area contributed by atoms with Crippen molar-refractivity contribution in [1.82, 2.24) is 9.21 Å². The number of thiophene rings is 1. The van der Waals surface area contributed by atoms with E-state index in [4.69, 9.17) is 0 Å². The zero-order chi connectivity index (χ0) is 21.5. The number of rotatable bonds is 4. The summed E-state index contributed by atoms with van der Waals surface area (Å²) in [4.78, 5) is 24.8. The Morgan fingerprint density at radius 3 is 2.43 bits per heavy atom. The standard InChI is InChI=1S/C19H16FN3O5S2/c20-14-4-3-6-16-13(14)12-17(29-16)19(24)21-8-10-22(11-9-21)30(27,28)18-7-2-1-5-15(18)23(25)26/h1-7,12H,8-11H2. The molecule has 2 heterocycles. The minimum Gasteiger partial charge on any atom is -0.335 e. The molecular formula is C19H16FN3O5S2. The van der Waals surface area contributed by atoms with Crippen molar-refractivity contribution in [1.29, 1.82) is 0 Å². The van der Waals surface area contributed by atoms with Gasteiger partial charge in [0.25, 0.3) is 11.6 Å². The van der Waals surface area contributed by atoms with Crippen molar-refractivity contribution >= 4 is 43.0 Å². The molecule has 1 saturated heterocycles. The van der Waals surface area contributed by atoms with Crippen molar-refractivity contribution in [2.45, 2.75) is 4.90 Å². The molecule has 1 fully saturated rings. The van der Waals surface area contributed by atoms with Crippen LogP contribution in [0, 0.1) is 15.9 Å². The molecule has 0 atom stereocenters. The normalized spacial score (nSPS) is 15.4. The number of fused-ring (bicyclic) bond motifs is 1. The van der Waals surface area contributed by atoms with Crippen LogP contribution >= 0.6 is 11.3 Å². The van der Waals surface area contributed by atoms with Crippen LogP contribution in [-0.4, -0.2) is 54.6 Å². The minimum atomic E-state index is -4.07. The SMILES string of the molecule is O=C(c1cc2c(F)cccc2s1)N1CCN(S(=O)(=O)c2ccccc2[N+](=O)[O-])CC1. The van der Waals surface area contributed by atoms with Gasteiger partial charge in [-0.3, -0.25) is 14.9 Å². The van der Waals surface area contributed by atoms with Crippen LogP contribution in [0.3, 0.4) is 0 Å². The fraction of sp³-hybridized carbons (Fsp3) is 0.211. The molecule has 1 amide bonds. The van der Waals surface area contributed by atoms with E-state index in [1.54, 1.807) is 12.1 Å². The smallest absolute Gasteiger partial charge is 0.289 e. The van der Waals surface area contributed by atoms with E-state index in [0.717, 1.165) is 10.4 Å². The molecule has 0 N–H and O–H groups in total. The highest BCUT2D eigenvalue weighted by Crippen LogP contribution is 2.30. The van der Waals surface area contributed by atoms with Gasteiger partial charge < -0.3 is 4.90 Å². The maximum atomic E-state index is 13.9. The number of piperazine rings is 1. The van der Waals surface area contributed by atoms with Crippen molar-refractivity contribution < 1.29 is 22.5 Å². The number of benzene rings is 2. The van der Waals surface area contributed by atoms with E-state index >= 15 is 0 Å². The summed E-state index contributed by atoms with van der Waals surface area (Å²) in [5, 5.41) is 11.6. The lowest BCUT2D eigenvalue weighted by atomic mass is 10.2. The lowest BCUT2D eigenvalue weighted by Crippen LogP contribution is -2.50. The van der Waals surface area contributed by atoms with Gasteiger partial charge in [-0.15, -0.1) is 11.3 Å². The number of amides is 1. The molecule has 4 rings (SSSR count). The Hall–Kier alpha value is -2.89. The molecule has 3 aromatic rings. The van der Waals surface area contributed by atoms with Crippen molar-refractivity contribution in [3.63, 3.8) is 0 Å². The molecule has 0 spiro atoms. The Morgan fingerprint density at radius 2 is 1.77 bits per heavy atom. The van der Waals surface area contributed by atoms with Crippen LogP contribution in [0.5, 0.6) is 0 Å². The number of para-hydroxylation sites is 1. The first-order valence-corrected chi connectivity index (χ1v) is 11.3. The molecule has 0 saturated carbocycles. The number of hydrogen-bond acceptors (Lipinski definition) is 6.